The molecule has 6 nitrogen and oxygen atoms in total. The average Bonchev–Trinajstić information content (AvgIpc) is 3.42. The molecule has 0 fully saturated rings. The molecule has 0 saturated carbocycles. The number of aromatic nitrogens is 2. The molecule has 4 aromatic rings. The van der Waals surface area contributed by atoms with E-state index in [9.17, 15) is 9.59 Å². The number of nitrogens with zero attached hydrogens (tertiary/aromatic N) is 2. The van der Waals surface area contributed by atoms with Crippen molar-refractivity contribution in [2.45, 2.75) is 18.6 Å². The second kappa shape index (κ2) is 9.03. The van der Waals surface area contributed by atoms with Crippen molar-refractivity contribution in [3.05, 3.63) is 57.5 Å². The van der Waals surface area contributed by atoms with Gasteiger partial charge in [-0.25, -0.2) is 4.98 Å². The highest BCUT2D eigenvalue weighted by Crippen LogP contribution is 2.34. The Kier molecular flexibility index (Phi) is 6.21. The molecular formula is C21H19N3O3S3. The van der Waals surface area contributed by atoms with E-state index in [2.05, 4.69) is 5.32 Å². The maximum absolute atomic E-state index is 13.2. The number of hydrogen-bond acceptors (Lipinski definition) is 7. The number of thiophene rings is 2. The van der Waals surface area contributed by atoms with Gasteiger partial charge in [-0.2, -0.15) is 0 Å². The van der Waals surface area contributed by atoms with Crippen LogP contribution in [0.25, 0.3) is 20.7 Å². The van der Waals surface area contributed by atoms with Crippen molar-refractivity contribution in [2.75, 3.05) is 18.2 Å². The number of fused-ring (bicyclic) bond motifs is 1. The van der Waals surface area contributed by atoms with E-state index in [1.54, 1.807) is 47.3 Å². The van der Waals surface area contributed by atoms with Crippen LogP contribution in [-0.2, 0) is 11.3 Å². The fraction of sp³-hybridized carbons (Fsp3) is 0.190. The molecule has 0 saturated heterocycles. The lowest BCUT2D eigenvalue weighted by atomic mass is 10.2. The highest BCUT2D eigenvalue weighted by Gasteiger charge is 2.18. The minimum absolute atomic E-state index is 0.0646. The van der Waals surface area contributed by atoms with E-state index in [0.29, 0.717) is 27.6 Å². The Balaban J connectivity index is 1.55. The summed E-state index contributed by atoms with van der Waals surface area (Å²) in [6.45, 7) is 2.40. The van der Waals surface area contributed by atoms with Crippen LogP contribution in [0.3, 0.4) is 0 Å². The van der Waals surface area contributed by atoms with Gasteiger partial charge in [0.25, 0.3) is 5.56 Å². The van der Waals surface area contributed by atoms with Crippen molar-refractivity contribution in [3.63, 3.8) is 0 Å². The lowest BCUT2D eigenvalue weighted by Crippen LogP contribution is -2.23. The number of thioether (sulfide) groups is 1. The quantitative estimate of drug-likeness (QED) is 0.314. The van der Waals surface area contributed by atoms with Gasteiger partial charge in [-0.3, -0.25) is 14.2 Å². The first-order valence-corrected chi connectivity index (χ1v) is 12.0. The summed E-state index contributed by atoms with van der Waals surface area (Å²) in [6, 6.07) is 11.1. The first kappa shape index (κ1) is 20.6. The van der Waals surface area contributed by atoms with Gasteiger partial charge in [0.1, 0.15) is 10.6 Å². The van der Waals surface area contributed by atoms with Gasteiger partial charge in [0, 0.05) is 28.1 Å². The van der Waals surface area contributed by atoms with Crippen molar-refractivity contribution >= 4 is 56.2 Å². The van der Waals surface area contributed by atoms with Gasteiger partial charge in [0.05, 0.1) is 18.2 Å². The Morgan fingerprint density at radius 1 is 1.23 bits per heavy atom. The summed E-state index contributed by atoms with van der Waals surface area (Å²) in [4.78, 5) is 32.0. The largest absolute Gasteiger partial charge is 0.497 e. The summed E-state index contributed by atoms with van der Waals surface area (Å²) in [6.07, 6.45) is 0. The summed E-state index contributed by atoms with van der Waals surface area (Å²) in [5.74, 6) is 0.727. The predicted molar refractivity (Wildman–Crippen MR) is 125 cm³/mol. The first-order valence-electron chi connectivity index (χ1n) is 9.23. The Hall–Kier alpha value is -2.62. The van der Waals surface area contributed by atoms with E-state index in [1.165, 1.54) is 23.1 Å². The SMILES string of the molecule is CCn1c(SCC(=O)Nc2ccc(OC)cc2)nc2scc(-c3cccs3)c2c1=O. The number of methoxy groups -OCH3 is 1. The van der Waals surface area contributed by atoms with E-state index in [1.807, 2.05) is 29.8 Å². The lowest BCUT2D eigenvalue weighted by Gasteiger charge is -2.10. The molecule has 0 aliphatic heterocycles. The van der Waals surface area contributed by atoms with Crippen LogP contribution in [0, 0.1) is 0 Å². The molecule has 0 aliphatic carbocycles. The van der Waals surface area contributed by atoms with Crippen LogP contribution in [-0.4, -0.2) is 28.3 Å². The van der Waals surface area contributed by atoms with Crippen LogP contribution in [0.5, 0.6) is 5.75 Å². The van der Waals surface area contributed by atoms with E-state index < -0.39 is 0 Å². The molecule has 0 radical (unpaired) electrons. The molecule has 0 aliphatic rings. The number of nitrogens with one attached hydrogen (secondary N) is 1. The molecule has 0 spiro atoms. The molecule has 0 atom stereocenters. The molecule has 1 N–H and O–H groups in total. The number of hydrogen-bond donors (Lipinski definition) is 1. The molecule has 1 aromatic carbocycles. The Morgan fingerprint density at radius 3 is 2.70 bits per heavy atom. The summed E-state index contributed by atoms with van der Waals surface area (Å²) in [5.41, 5.74) is 1.56. The number of ether oxygens (including phenoxy) is 1. The van der Waals surface area contributed by atoms with Gasteiger partial charge in [-0.1, -0.05) is 17.8 Å². The van der Waals surface area contributed by atoms with Crippen LogP contribution in [0.2, 0.25) is 0 Å². The first-order chi connectivity index (χ1) is 14.6. The number of anilines is 1. The van der Waals surface area contributed by atoms with Gasteiger partial charge in [-0.15, -0.1) is 22.7 Å². The van der Waals surface area contributed by atoms with Crippen molar-refractivity contribution in [1.82, 2.24) is 9.55 Å². The van der Waals surface area contributed by atoms with Gasteiger partial charge in [-0.05, 0) is 42.6 Å². The molecule has 30 heavy (non-hydrogen) atoms. The van der Waals surface area contributed by atoms with Crippen molar-refractivity contribution in [2.24, 2.45) is 0 Å². The third-order valence-corrected chi connectivity index (χ3v) is 7.22. The predicted octanol–water partition coefficient (Wildman–Crippen LogP) is 4.95. The Labute approximate surface area is 185 Å². The molecule has 0 bridgehead atoms. The van der Waals surface area contributed by atoms with Gasteiger partial charge in [0.2, 0.25) is 5.91 Å². The van der Waals surface area contributed by atoms with Gasteiger partial charge in [0.15, 0.2) is 5.16 Å². The average molecular weight is 458 g/mol. The molecule has 4 rings (SSSR count). The standard InChI is InChI=1S/C21H19N3O3S3/c1-3-24-20(26)18-15(16-5-4-10-28-16)11-29-19(18)23-21(24)30-12-17(25)22-13-6-8-14(27-2)9-7-13/h4-11H,3,12H2,1-2H3,(H,22,25). The minimum atomic E-state index is -0.160. The highest BCUT2D eigenvalue weighted by atomic mass is 32.2. The molecule has 1 amide bonds. The monoisotopic (exact) mass is 457 g/mol. The van der Waals surface area contributed by atoms with Crippen LogP contribution in [0.4, 0.5) is 5.69 Å². The molecule has 3 heterocycles. The van der Waals surface area contributed by atoms with Crippen LogP contribution < -0.4 is 15.6 Å². The second-order valence-corrected chi connectivity index (χ2v) is 9.06. The number of carbonyl (C=O) groups is 1. The number of rotatable bonds is 7. The number of carbonyl (C=O) groups excluding carboxylic acids is 1. The maximum Gasteiger partial charge on any atom is 0.263 e. The Bertz CT molecular complexity index is 1230. The fourth-order valence-electron chi connectivity index (χ4n) is 3.01. The topological polar surface area (TPSA) is 73.2 Å². The third-order valence-electron chi connectivity index (χ3n) is 4.47. The lowest BCUT2D eigenvalue weighted by molar-refractivity contribution is -0.113. The van der Waals surface area contributed by atoms with Crippen molar-refractivity contribution in [1.29, 1.82) is 0 Å². The van der Waals surface area contributed by atoms with E-state index in [-0.39, 0.29) is 17.2 Å². The Morgan fingerprint density at radius 2 is 2.03 bits per heavy atom. The van der Waals surface area contributed by atoms with Crippen molar-refractivity contribution in [3.8, 4) is 16.2 Å². The zero-order chi connectivity index (χ0) is 21.1. The summed E-state index contributed by atoms with van der Waals surface area (Å²) < 4.78 is 6.76. The summed E-state index contributed by atoms with van der Waals surface area (Å²) in [7, 11) is 1.60. The van der Waals surface area contributed by atoms with E-state index in [0.717, 1.165) is 16.2 Å². The normalized spacial score (nSPS) is 11.0. The molecule has 0 unspecified atom stereocenters. The maximum atomic E-state index is 13.2. The van der Waals surface area contributed by atoms with Crippen LogP contribution in [0.15, 0.2) is 57.1 Å². The van der Waals surface area contributed by atoms with E-state index in [4.69, 9.17) is 9.72 Å². The summed E-state index contributed by atoms with van der Waals surface area (Å²) >= 11 is 4.33. The zero-order valence-corrected chi connectivity index (χ0v) is 18.8. The number of amides is 1. The number of benzene rings is 1. The highest BCUT2D eigenvalue weighted by molar-refractivity contribution is 7.99. The smallest absolute Gasteiger partial charge is 0.263 e. The molecule has 3 aromatic heterocycles. The van der Waals surface area contributed by atoms with Crippen molar-refractivity contribution < 1.29 is 9.53 Å². The van der Waals surface area contributed by atoms with Crippen LogP contribution >= 0.6 is 34.4 Å². The zero-order valence-electron chi connectivity index (χ0n) is 16.4. The fourth-order valence-corrected chi connectivity index (χ4v) is 5.68. The third kappa shape index (κ3) is 4.14. The molecular weight excluding hydrogens is 438 g/mol. The van der Waals surface area contributed by atoms with Gasteiger partial charge < -0.3 is 10.1 Å². The minimum Gasteiger partial charge on any atom is -0.497 e. The molecule has 154 valence electrons. The summed E-state index contributed by atoms with van der Waals surface area (Å²) in [5, 5.41) is 8.03. The van der Waals surface area contributed by atoms with Gasteiger partial charge >= 0.3 is 0 Å². The second-order valence-electron chi connectivity index (χ2n) is 6.32. The molecule has 9 heteroatoms. The van der Waals surface area contributed by atoms with E-state index >= 15 is 0 Å². The van der Waals surface area contributed by atoms with Crippen LogP contribution in [0.1, 0.15) is 6.92 Å².